The number of halogens is 1. The fraction of sp³-hybridized carbons (Fsp3) is 0.188. The van der Waals surface area contributed by atoms with Gasteiger partial charge in [-0.15, -0.1) is 0 Å². The van der Waals surface area contributed by atoms with Crippen LogP contribution in [-0.2, 0) is 0 Å². The van der Waals surface area contributed by atoms with E-state index in [2.05, 4.69) is 21.2 Å². The van der Waals surface area contributed by atoms with Gasteiger partial charge in [-0.25, -0.2) is 0 Å². The molecule has 5 heteroatoms. The van der Waals surface area contributed by atoms with Crippen LogP contribution in [0.3, 0.4) is 0 Å². The van der Waals surface area contributed by atoms with Gasteiger partial charge in [-0.3, -0.25) is 4.79 Å². The van der Waals surface area contributed by atoms with Gasteiger partial charge in [0.2, 0.25) is 0 Å². The smallest absolute Gasteiger partial charge is 0.259 e. The highest BCUT2D eigenvalue weighted by atomic mass is 79.9. The highest BCUT2D eigenvalue weighted by Crippen LogP contribution is 2.27. The van der Waals surface area contributed by atoms with Crippen molar-refractivity contribution in [3.63, 3.8) is 0 Å². The van der Waals surface area contributed by atoms with Crippen molar-refractivity contribution in [3.05, 3.63) is 51.5 Å². The van der Waals surface area contributed by atoms with Crippen LogP contribution in [0.4, 0.5) is 11.4 Å². The number of aryl methyl sites for hydroxylation is 2. The van der Waals surface area contributed by atoms with Crippen molar-refractivity contribution in [3.8, 4) is 5.75 Å². The van der Waals surface area contributed by atoms with Gasteiger partial charge in [-0.1, -0.05) is 15.9 Å². The molecule has 21 heavy (non-hydrogen) atoms. The summed E-state index contributed by atoms with van der Waals surface area (Å²) in [6.45, 7) is 3.97. The van der Waals surface area contributed by atoms with E-state index in [1.807, 2.05) is 26.0 Å². The normalized spacial score (nSPS) is 10.3. The van der Waals surface area contributed by atoms with Crippen molar-refractivity contribution >= 4 is 33.2 Å². The summed E-state index contributed by atoms with van der Waals surface area (Å²) in [5.74, 6) is 0.228. The first-order valence-corrected chi connectivity index (χ1v) is 7.23. The van der Waals surface area contributed by atoms with Crippen molar-refractivity contribution in [2.24, 2.45) is 0 Å². The van der Waals surface area contributed by atoms with Gasteiger partial charge in [0.15, 0.2) is 0 Å². The number of nitrogens with two attached hydrogens (primary N) is 1. The molecule has 2 aromatic rings. The Morgan fingerprint density at radius 1 is 1.19 bits per heavy atom. The van der Waals surface area contributed by atoms with E-state index in [-0.39, 0.29) is 5.91 Å². The maximum Gasteiger partial charge on any atom is 0.259 e. The molecule has 3 N–H and O–H groups in total. The maximum atomic E-state index is 12.4. The Hall–Kier alpha value is -2.01. The molecule has 0 heterocycles. The van der Waals surface area contributed by atoms with Crippen LogP contribution < -0.4 is 15.8 Å². The SMILES string of the molecule is COc1cc(N)ccc1C(=O)Nc1cc(C)c(Br)c(C)c1. The number of methoxy groups -OCH3 is 1. The highest BCUT2D eigenvalue weighted by Gasteiger charge is 2.13. The lowest BCUT2D eigenvalue weighted by molar-refractivity contribution is 0.102. The standard InChI is InChI=1S/C16H17BrN2O2/c1-9-6-12(7-10(2)15(9)17)19-16(20)13-5-4-11(18)8-14(13)21-3/h4-8H,18H2,1-3H3,(H,19,20). The Kier molecular flexibility index (Phi) is 4.53. The van der Waals surface area contributed by atoms with Crippen LogP contribution in [0, 0.1) is 13.8 Å². The van der Waals surface area contributed by atoms with E-state index in [1.54, 1.807) is 18.2 Å². The number of amides is 1. The van der Waals surface area contributed by atoms with Gasteiger partial charge in [-0.2, -0.15) is 0 Å². The van der Waals surface area contributed by atoms with Crippen LogP contribution in [0.1, 0.15) is 21.5 Å². The van der Waals surface area contributed by atoms with E-state index in [1.165, 1.54) is 7.11 Å². The molecule has 0 radical (unpaired) electrons. The Morgan fingerprint density at radius 2 is 1.81 bits per heavy atom. The molecule has 2 aromatic carbocycles. The minimum Gasteiger partial charge on any atom is -0.496 e. The third-order valence-electron chi connectivity index (χ3n) is 3.16. The number of rotatable bonds is 3. The molecule has 0 unspecified atom stereocenters. The third-order valence-corrected chi connectivity index (χ3v) is 4.42. The van der Waals surface area contributed by atoms with Crippen molar-refractivity contribution in [2.75, 3.05) is 18.2 Å². The molecule has 0 aliphatic heterocycles. The molecule has 0 spiro atoms. The Bertz CT molecular complexity index is 676. The second-order valence-corrected chi connectivity index (χ2v) is 5.63. The van der Waals surface area contributed by atoms with E-state index in [4.69, 9.17) is 10.5 Å². The average molecular weight is 349 g/mol. The van der Waals surface area contributed by atoms with Gasteiger partial charge in [0.25, 0.3) is 5.91 Å². The molecule has 110 valence electrons. The summed E-state index contributed by atoms with van der Waals surface area (Å²) in [5.41, 5.74) is 9.57. The van der Waals surface area contributed by atoms with Crippen LogP contribution in [0.25, 0.3) is 0 Å². The van der Waals surface area contributed by atoms with Crippen LogP contribution in [0.15, 0.2) is 34.8 Å². The molecule has 0 fully saturated rings. The molecule has 0 saturated heterocycles. The molecule has 1 amide bonds. The van der Waals surface area contributed by atoms with Gasteiger partial charge >= 0.3 is 0 Å². The van der Waals surface area contributed by atoms with E-state index in [0.717, 1.165) is 21.3 Å². The highest BCUT2D eigenvalue weighted by molar-refractivity contribution is 9.10. The van der Waals surface area contributed by atoms with E-state index < -0.39 is 0 Å². The topological polar surface area (TPSA) is 64.3 Å². The van der Waals surface area contributed by atoms with Crippen molar-refractivity contribution in [1.82, 2.24) is 0 Å². The van der Waals surface area contributed by atoms with Crippen molar-refractivity contribution in [2.45, 2.75) is 13.8 Å². The summed E-state index contributed by atoms with van der Waals surface area (Å²) in [5, 5.41) is 2.88. The van der Waals surface area contributed by atoms with Crippen LogP contribution in [0.5, 0.6) is 5.75 Å². The van der Waals surface area contributed by atoms with E-state index in [9.17, 15) is 4.79 Å². The Morgan fingerprint density at radius 3 is 2.38 bits per heavy atom. The number of nitrogens with one attached hydrogen (secondary N) is 1. The first-order chi connectivity index (χ1) is 9.92. The number of nitrogen functional groups attached to an aromatic ring is 1. The molecule has 0 aliphatic rings. The number of hydrogen-bond acceptors (Lipinski definition) is 3. The molecule has 0 bridgehead atoms. The molecule has 0 aromatic heterocycles. The Balaban J connectivity index is 2.30. The molecular weight excluding hydrogens is 332 g/mol. The van der Waals surface area contributed by atoms with Crippen LogP contribution in [0.2, 0.25) is 0 Å². The number of ether oxygens (including phenoxy) is 1. The summed E-state index contributed by atoms with van der Waals surface area (Å²) >= 11 is 3.51. The van der Waals surface area contributed by atoms with Crippen LogP contribution >= 0.6 is 15.9 Å². The fourth-order valence-electron chi connectivity index (χ4n) is 2.11. The fourth-order valence-corrected chi connectivity index (χ4v) is 2.34. The van der Waals surface area contributed by atoms with Crippen molar-refractivity contribution < 1.29 is 9.53 Å². The minimum atomic E-state index is -0.229. The lowest BCUT2D eigenvalue weighted by Gasteiger charge is -2.12. The second-order valence-electron chi connectivity index (χ2n) is 4.84. The quantitative estimate of drug-likeness (QED) is 0.826. The van der Waals surface area contributed by atoms with Gasteiger partial charge < -0.3 is 15.8 Å². The maximum absolute atomic E-state index is 12.4. The summed E-state index contributed by atoms with van der Waals surface area (Å²) < 4.78 is 6.25. The van der Waals surface area contributed by atoms with Gasteiger partial charge in [-0.05, 0) is 49.2 Å². The summed E-state index contributed by atoms with van der Waals surface area (Å²) in [6.07, 6.45) is 0. The number of anilines is 2. The lowest BCUT2D eigenvalue weighted by atomic mass is 10.1. The predicted octanol–water partition coefficient (Wildman–Crippen LogP) is 3.91. The number of hydrogen-bond donors (Lipinski definition) is 2. The predicted molar refractivity (Wildman–Crippen MR) is 89.0 cm³/mol. The van der Waals surface area contributed by atoms with Crippen molar-refractivity contribution in [1.29, 1.82) is 0 Å². The van der Waals surface area contributed by atoms with Crippen LogP contribution in [-0.4, -0.2) is 13.0 Å². The first kappa shape index (κ1) is 15.4. The minimum absolute atomic E-state index is 0.229. The third kappa shape index (κ3) is 3.36. The molecule has 0 aliphatic carbocycles. The van der Waals surface area contributed by atoms with Gasteiger partial charge in [0.05, 0.1) is 12.7 Å². The lowest BCUT2D eigenvalue weighted by Crippen LogP contribution is -2.13. The number of carbonyl (C=O) groups excluding carboxylic acids is 1. The molecular formula is C16H17BrN2O2. The Labute approximate surface area is 132 Å². The van der Waals surface area contributed by atoms with E-state index in [0.29, 0.717) is 17.0 Å². The first-order valence-electron chi connectivity index (χ1n) is 6.44. The second kappa shape index (κ2) is 6.18. The zero-order chi connectivity index (χ0) is 15.6. The zero-order valence-corrected chi connectivity index (χ0v) is 13.7. The summed E-state index contributed by atoms with van der Waals surface area (Å²) in [6, 6.07) is 8.79. The average Bonchev–Trinajstić information content (AvgIpc) is 2.44. The number of carbonyl (C=O) groups is 1. The molecule has 0 atom stereocenters. The number of benzene rings is 2. The molecule has 0 saturated carbocycles. The zero-order valence-electron chi connectivity index (χ0n) is 12.2. The largest absolute Gasteiger partial charge is 0.496 e. The monoisotopic (exact) mass is 348 g/mol. The van der Waals surface area contributed by atoms with E-state index >= 15 is 0 Å². The summed E-state index contributed by atoms with van der Waals surface area (Å²) in [7, 11) is 1.51. The molecule has 2 rings (SSSR count). The van der Waals surface area contributed by atoms with Gasteiger partial charge in [0, 0.05) is 21.9 Å². The molecule has 4 nitrogen and oxygen atoms in total. The summed E-state index contributed by atoms with van der Waals surface area (Å²) in [4.78, 5) is 12.4. The van der Waals surface area contributed by atoms with Gasteiger partial charge in [0.1, 0.15) is 5.75 Å².